The largest absolute Gasteiger partial charge is 0.0996 e. The molecule has 2 saturated carbocycles. The van der Waals surface area contributed by atoms with Gasteiger partial charge in [0.1, 0.15) is 0 Å². The second-order valence-corrected chi connectivity index (χ2v) is 7.45. The molecule has 0 aromatic rings. The van der Waals surface area contributed by atoms with Crippen molar-refractivity contribution < 1.29 is 0 Å². The highest BCUT2D eigenvalue weighted by atomic mass is 14.3. The van der Waals surface area contributed by atoms with Gasteiger partial charge in [-0.25, -0.2) is 0 Å². The van der Waals surface area contributed by atoms with E-state index in [4.69, 9.17) is 0 Å². The molecule has 0 nitrogen and oxygen atoms in total. The van der Waals surface area contributed by atoms with E-state index in [1.54, 1.807) is 5.57 Å². The molecule has 0 aromatic heterocycles. The van der Waals surface area contributed by atoms with Crippen molar-refractivity contribution in [3.05, 3.63) is 12.2 Å². The van der Waals surface area contributed by atoms with Crippen molar-refractivity contribution in [2.75, 3.05) is 0 Å². The topological polar surface area (TPSA) is 0 Å². The van der Waals surface area contributed by atoms with Crippen molar-refractivity contribution >= 4 is 0 Å². The van der Waals surface area contributed by atoms with Crippen LogP contribution < -0.4 is 0 Å². The van der Waals surface area contributed by atoms with Crippen molar-refractivity contribution in [1.82, 2.24) is 0 Å². The lowest BCUT2D eigenvalue weighted by atomic mass is 9.75. The van der Waals surface area contributed by atoms with E-state index in [2.05, 4.69) is 20.4 Å². The Morgan fingerprint density at radius 2 is 1.47 bits per heavy atom. The van der Waals surface area contributed by atoms with Crippen LogP contribution in [-0.2, 0) is 0 Å². The van der Waals surface area contributed by atoms with Gasteiger partial charge in [0.05, 0.1) is 0 Å². The zero-order chi connectivity index (χ0) is 13.7. The van der Waals surface area contributed by atoms with Crippen molar-refractivity contribution in [1.29, 1.82) is 0 Å². The molecule has 2 aliphatic carbocycles. The number of rotatable bonds is 5. The van der Waals surface area contributed by atoms with E-state index in [0.29, 0.717) is 0 Å². The standard InChI is InChI=1S/C19H34/c1-4-17-11-13-19(14-12-17)16(3)7-10-18-8-5-15(2)6-9-18/h15,17-19H,3-14H2,1-2H3. The Labute approximate surface area is 121 Å². The molecule has 0 spiro atoms. The molecular formula is C19H34. The van der Waals surface area contributed by atoms with Gasteiger partial charge in [0.15, 0.2) is 0 Å². The molecule has 2 fully saturated rings. The fraction of sp³-hybridized carbons (Fsp3) is 0.895. The Bertz CT molecular complexity index is 262. The maximum atomic E-state index is 4.43. The summed E-state index contributed by atoms with van der Waals surface area (Å²) in [6.07, 6.45) is 15.8. The first kappa shape index (κ1) is 15.1. The molecule has 0 amide bonds. The fourth-order valence-corrected chi connectivity index (χ4v) is 4.19. The molecule has 0 radical (unpaired) electrons. The highest BCUT2D eigenvalue weighted by molar-refractivity contribution is 5.02. The van der Waals surface area contributed by atoms with Crippen LogP contribution in [0.2, 0.25) is 0 Å². The monoisotopic (exact) mass is 262 g/mol. The van der Waals surface area contributed by atoms with Gasteiger partial charge < -0.3 is 0 Å². The van der Waals surface area contributed by atoms with Crippen LogP contribution in [0.5, 0.6) is 0 Å². The van der Waals surface area contributed by atoms with Crippen LogP contribution in [0.3, 0.4) is 0 Å². The van der Waals surface area contributed by atoms with Crippen LogP contribution >= 0.6 is 0 Å². The Morgan fingerprint density at radius 3 is 2.05 bits per heavy atom. The molecule has 0 atom stereocenters. The first-order valence-electron chi connectivity index (χ1n) is 8.86. The van der Waals surface area contributed by atoms with Crippen LogP contribution in [0, 0.1) is 23.7 Å². The normalized spacial score (nSPS) is 36.1. The third-order valence-corrected chi connectivity index (χ3v) is 6.01. The van der Waals surface area contributed by atoms with E-state index in [1.165, 1.54) is 70.6 Å². The van der Waals surface area contributed by atoms with Gasteiger partial charge in [-0.05, 0) is 62.2 Å². The number of allylic oxidation sites excluding steroid dienone is 1. The number of hydrogen-bond acceptors (Lipinski definition) is 0. The molecule has 0 bridgehead atoms. The molecule has 110 valence electrons. The van der Waals surface area contributed by atoms with Crippen molar-refractivity contribution in [2.24, 2.45) is 23.7 Å². The smallest absolute Gasteiger partial charge is 0.0206 e. The third-order valence-electron chi connectivity index (χ3n) is 6.01. The summed E-state index contributed by atoms with van der Waals surface area (Å²) in [4.78, 5) is 0. The maximum Gasteiger partial charge on any atom is -0.0206 e. The highest BCUT2D eigenvalue weighted by Gasteiger charge is 2.23. The van der Waals surface area contributed by atoms with Crippen LogP contribution in [0.4, 0.5) is 0 Å². The summed E-state index contributed by atoms with van der Waals surface area (Å²) in [5.74, 6) is 3.89. The van der Waals surface area contributed by atoms with Crippen molar-refractivity contribution in [3.8, 4) is 0 Å². The summed E-state index contributed by atoms with van der Waals surface area (Å²) in [7, 11) is 0. The summed E-state index contributed by atoms with van der Waals surface area (Å²) in [6.45, 7) is 9.20. The quantitative estimate of drug-likeness (QED) is 0.505. The van der Waals surface area contributed by atoms with Crippen LogP contribution in [-0.4, -0.2) is 0 Å². The van der Waals surface area contributed by atoms with Gasteiger partial charge in [-0.15, -0.1) is 0 Å². The number of hydrogen-bond donors (Lipinski definition) is 0. The molecule has 0 aliphatic heterocycles. The Morgan fingerprint density at radius 1 is 0.895 bits per heavy atom. The van der Waals surface area contributed by atoms with Gasteiger partial charge in [0.25, 0.3) is 0 Å². The summed E-state index contributed by atoms with van der Waals surface area (Å²) >= 11 is 0. The molecule has 19 heavy (non-hydrogen) atoms. The second kappa shape index (κ2) is 7.50. The van der Waals surface area contributed by atoms with Gasteiger partial charge >= 0.3 is 0 Å². The lowest BCUT2D eigenvalue weighted by molar-refractivity contribution is 0.265. The van der Waals surface area contributed by atoms with Crippen molar-refractivity contribution in [2.45, 2.75) is 84.5 Å². The van der Waals surface area contributed by atoms with E-state index in [0.717, 1.165) is 23.7 Å². The molecular weight excluding hydrogens is 228 g/mol. The zero-order valence-corrected chi connectivity index (χ0v) is 13.3. The minimum Gasteiger partial charge on any atom is -0.0996 e. The average molecular weight is 262 g/mol. The second-order valence-electron chi connectivity index (χ2n) is 7.45. The summed E-state index contributed by atoms with van der Waals surface area (Å²) < 4.78 is 0. The fourth-order valence-electron chi connectivity index (χ4n) is 4.19. The van der Waals surface area contributed by atoms with E-state index in [-0.39, 0.29) is 0 Å². The Kier molecular flexibility index (Phi) is 5.98. The Hall–Kier alpha value is -0.260. The molecule has 0 heterocycles. The predicted octanol–water partition coefficient (Wildman–Crippen LogP) is 6.37. The van der Waals surface area contributed by atoms with Crippen LogP contribution in [0.25, 0.3) is 0 Å². The molecule has 0 aromatic carbocycles. The molecule has 0 unspecified atom stereocenters. The van der Waals surface area contributed by atoms with Crippen LogP contribution in [0.15, 0.2) is 12.2 Å². The molecule has 0 saturated heterocycles. The lowest BCUT2D eigenvalue weighted by Crippen LogP contribution is -2.17. The SMILES string of the molecule is C=C(CCC1CCC(C)CC1)C1CCC(CC)CC1. The first-order chi connectivity index (χ1) is 9.19. The van der Waals surface area contributed by atoms with E-state index in [1.807, 2.05) is 0 Å². The highest BCUT2D eigenvalue weighted by Crippen LogP contribution is 2.37. The zero-order valence-electron chi connectivity index (χ0n) is 13.3. The average Bonchev–Trinajstić information content (AvgIpc) is 2.46. The molecule has 2 rings (SSSR count). The van der Waals surface area contributed by atoms with Crippen LogP contribution in [0.1, 0.15) is 84.5 Å². The summed E-state index contributed by atoms with van der Waals surface area (Å²) in [5, 5.41) is 0. The lowest BCUT2D eigenvalue weighted by Gasteiger charge is -2.31. The van der Waals surface area contributed by atoms with Gasteiger partial charge in [0.2, 0.25) is 0 Å². The van der Waals surface area contributed by atoms with E-state index >= 15 is 0 Å². The minimum absolute atomic E-state index is 0.866. The molecule has 2 aliphatic rings. The minimum atomic E-state index is 0.866. The van der Waals surface area contributed by atoms with E-state index < -0.39 is 0 Å². The predicted molar refractivity (Wildman–Crippen MR) is 85.2 cm³/mol. The van der Waals surface area contributed by atoms with Gasteiger partial charge in [-0.3, -0.25) is 0 Å². The van der Waals surface area contributed by atoms with Gasteiger partial charge in [-0.2, -0.15) is 0 Å². The van der Waals surface area contributed by atoms with Gasteiger partial charge in [-0.1, -0.05) is 58.1 Å². The van der Waals surface area contributed by atoms with E-state index in [9.17, 15) is 0 Å². The molecule has 0 N–H and O–H groups in total. The van der Waals surface area contributed by atoms with Crippen molar-refractivity contribution in [3.63, 3.8) is 0 Å². The first-order valence-corrected chi connectivity index (χ1v) is 8.86. The summed E-state index contributed by atoms with van der Waals surface area (Å²) in [5.41, 5.74) is 1.59. The Balaban J connectivity index is 1.64. The maximum absolute atomic E-state index is 4.43. The van der Waals surface area contributed by atoms with Gasteiger partial charge in [0, 0.05) is 0 Å². The third kappa shape index (κ3) is 4.65. The summed E-state index contributed by atoms with van der Waals surface area (Å²) in [6, 6.07) is 0. The molecule has 0 heteroatoms.